The molecule has 0 aromatic heterocycles. The van der Waals surface area contributed by atoms with Crippen LogP contribution in [0.15, 0.2) is 48.5 Å². The summed E-state index contributed by atoms with van der Waals surface area (Å²) in [6, 6.07) is 12.9. The maximum Gasteiger partial charge on any atom is 0.343 e. The van der Waals surface area contributed by atoms with E-state index < -0.39 is 5.97 Å². The van der Waals surface area contributed by atoms with Crippen LogP contribution >= 0.6 is 0 Å². The fraction of sp³-hybridized carbons (Fsp3) is 0.0714. The van der Waals surface area contributed by atoms with Crippen LogP contribution in [-0.4, -0.2) is 16.2 Å². The number of phenols is 1. The van der Waals surface area contributed by atoms with Gasteiger partial charge in [0.1, 0.15) is 11.5 Å². The van der Waals surface area contributed by atoms with Crippen LogP contribution in [0.3, 0.4) is 0 Å². The van der Waals surface area contributed by atoms with Crippen molar-refractivity contribution in [3.05, 3.63) is 59.7 Å². The van der Waals surface area contributed by atoms with Gasteiger partial charge in [-0.25, -0.2) is 4.79 Å². The summed E-state index contributed by atoms with van der Waals surface area (Å²) in [6.07, 6.45) is 0. The molecule has 2 aromatic rings. The topological polar surface area (TPSA) is 66.8 Å². The molecule has 4 heteroatoms. The van der Waals surface area contributed by atoms with Crippen molar-refractivity contribution < 1.29 is 19.7 Å². The molecule has 0 saturated heterocycles. The molecule has 0 spiro atoms. The Bertz CT molecular complexity index is 549. The molecule has 0 fully saturated rings. The molecule has 0 bridgehead atoms. The quantitative estimate of drug-likeness (QED) is 0.641. The molecule has 2 rings (SSSR count). The number of rotatable bonds is 3. The van der Waals surface area contributed by atoms with Crippen molar-refractivity contribution in [1.82, 2.24) is 0 Å². The zero-order chi connectivity index (χ0) is 13.0. The van der Waals surface area contributed by atoms with E-state index in [9.17, 15) is 9.90 Å². The van der Waals surface area contributed by atoms with E-state index in [0.717, 1.165) is 0 Å². The third kappa shape index (κ3) is 2.67. The zero-order valence-electron chi connectivity index (χ0n) is 9.54. The largest absolute Gasteiger partial charge is 0.508 e. The standard InChI is InChI=1S/C14H12O4/c15-9-11-8-12(6-7-13(11)16)18-14(17)10-4-2-1-3-5-10/h1-8,15-16H,9H2. The van der Waals surface area contributed by atoms with Crippen LogP contribution in [-0.2, 0) is 6.61 Å². The smallest absolute Gasteiger partial charge is 0.343 e. The minimum atomic E-state index is -0.481. The molecule has 0 saturated carbocycles. The third-order valence-electron chi connectivity index (χ3n) is 2.44. The summed E-state index contributed by atoms with van der Waals surface area (Å²) in [5, 5.41) is 18.4. The summed E-state index contributed by atoms with van der Waals surface area (Å²) < 4.78 is 5.14. The molecule has 2 aromatic carbocycles. The number of aliphatic hydroxyl groups excluding tert-OH is 1. The highest BCUT2D eigenvalue weighted by Crippen LogP contribution is 2.23. The Kier molecular flexibility index (Phi) is 3.60. The van der Waals surface area contributed by atoms with E-state index in [2.05, 4.69) is 0 Å². The highest BCUT2D eigenvalue weighted by atomic mass is 16.5. The first-order valence-electron chi connectivity index (χ1n) is 5.40. The minimum Gasteiger partial charge on any atom is -0.508 e. The third-order valence-corrected chi connectivity index (χ3v) is 2.44. The number of aromatic hydroxyl groups is 1. The summed E-state index contributed by atoms with van der Waals surface area (Å²) >= 11 is 0. The van der Waals surface area contributed by atoms with Crippen LogP contribution in [0, 0.1) is 0 Å². The summed E-state index contributed by atoms with van der Waals surface area (Å²) in [4.78, 5) is 11.8. The van der Waals surface area contributed by atoms with E-state index in [1.165, 1.54) is 18.2 Å². The summed E-state index contributed by atoms with van der Waals surface area (Å²) in [7, 11) is 0. The molecule has 92 valence electrons. The van der Waals surface area contributed by atoms with Crippen molar-refractivity contribution in [2.75, 3.05) is 0 Å². The van der Waals surface area contributed by atoms with Crippen LogP contribution in [0.2, 0.25) is 0 Å². The lowest BCUT2D eigenvalue weighted by molar-refractivity contribution is 0.0734. The minimum absolute atomic E-state index is 0.0305. The van der Waals surface area contributed by atoms with E-state index in [1.54, 1.807) is 30.3 Å². The number of hydrogen-bond donors (Lipinski definition) is 2. The number of ether oxygens (including phenoxy) is 1. The van der Waals surface area contributed by atoms with Crippen LogP contribution in [0.4, 0.5) is 0 Å². The highest BCUT2D eigenvalue weighted by Gasteiger charge is 2.09. The van der Waals surface area contributed by atoms with Gasteiger partial charge in [-0.2, -0.15) is 0 Å². The second-order valence-corrected chi connectivity index (χ2v) is 3.70. The number of esters is 1. The molecule has 0 amide bonds. The molecule has 0 aliphatic heterocycles. The number of benzene rings is 2. The second kappa shape index (κ2) is 5.33. The molecule has 0 radical (unpaired) electrons. The van der Waals surface area contributed by atoms with Crippen molar-refractivity contribution in [2.24, 2.45) is 0 Å². The van der Waals surface area contributed by atoms with Crippen LogP contribution in [0.5, 0.6) is 11.5 Å². The van der Waals surface area contributed by atoms with Crippen molar-refractivity contribution >= 4 is 5.97 Å². The number of aliphatic hydroxyl groups is 1. The summed E-state index contributed by atoms with van der Waals surface area (Å²) in [5.74, 6) is -0.229. The first-order chi connectivity index (χ1) is 8.70. The van der Waals surface area contributed by atoms with E-state index in [-0.39, 0.29) is 18.1 Å². The monoisotopic (exact) mass is 244 g/mol. The number of hydrogen-bond acceptors (Lipinski definition) is 4. The fourth-order valence-corrected chi connectivity index (χ4v) is 1.49. The van der Waals surface area contributed by atoms with Gasteiger partial charge in [-0.3, -0.25) is 0 Å². The van der Waals surface area contributed by atoms with Gasteiger partial charge in [0.2, 0.25) is 0 Å². The Labute approximate surface area is 104 Å². The first-order valence-corrected chi connectivity index (χ1v) is 5.40. The lowest BCUT2D eigenvalue weighted by Gasteiger charge is -2.06. The highest BCUT2D eigenvalue weighted by molar-refractivity contribution is 5.90. The molecule has 2 N–H and O–H groups in total. The van der Waals surface area contributed by atoms with Gasteiger partial charge >= 0.3 is 5.97 Å². The normalized spacial score (nSPS) is 10.1. The fourth-order valence-electron chi connectivity index (χ4n) is 1.49. The number of carbonyl (C=O) groups excluding carboxylic acids is 1. The molecule has 0 aliphatic rings. The maximum absolute atomic E-state index is 11.8. The average molecular weight is 244 g/mol. The number of carbonyl (C=O) groups is 1. The lowest BCUT2D eigenvalue weighted by Crippen LogP contribution is -2.08. The SMILES string of the molecule is O=C(Oc1ccc(O)c(CO)c1)c1ccccc1. The van der Waals surface area contributed by atoms with Gasteiger partial charge in [0.15, 0.2) is 0 Å². The van der Waals surface area contributed by atoms with Crippen LogP contribution < -0.4 is 4.74 Å². The maximum atomic E-state index is 11.8. The first kappa shape index (κ1) is 12.1. The Morgan fingerprint density at radius 1 is 1.11 bits per heavy atom. The Morgan fingerprint density at radius 2 is 1.83 bits per heavy atom. The molecule has 18 heavy (non-hydrogen) atoms. The molecule has 0 heterocycles. The predicted molar refractivity (Wildman–Crippen MR) is 65.4 cm³/mol. The second-order valence-electron chi connectivity index (χ2n) is 3.70. The van der Waals surface area contributed by atoms with Gasteiger partial charge in [-0.15, -0.1) is 0 Å². The van der Waals surface area contributed by atoms with Crippen LogP contribution in [0.25, 0.3) is 0 Å². The summed E-state index contributed by atoms with van der Waals surface area (Å²) in [5.41, 5.74) is 0.754. The lowest BCUT2D eigenvalue weighted by atomic mass is 10.2. The van der Waals surface area contributed by atoms with Crippen molar-refractivity contribution in [3.8, 4) is 11.5 Å². The van der Waals surface area contributed by atoms with Gasteiger partial charge in [-0.1, -0.05) is 18.2 Å². The van der Waals surface area contributed by atoms with E-state index in [4.69, 9.17) is 9.84 Å². The van der Waals surface area contributed by atoms with Gasteiger partial charge < -0.3 is 14.9 Å². The molecule has 4 nitrogen and oxygen atoms in total. The molecular formula is C14H12O4. The van der Waals surface area contributed by atoms with E-state index in [1.807, 2.05) is 0 Å². The van der Waals surface area contributed by atoms with Gasteiger partial charge in [0.25, 0.3) is 0 Å². The molecule has 0 atom stereocenters. The van der Waals surface area contributed by atoms with Crippen LogP contribution in [0.1, 0.15) is 15.9 Å². The zero-order valence-corrected chi connectivity index (χ0v) is 9.54. The van der Waals surface area contributed by atoms with Gasteiger partial charge in [0.05, 0.1) is 12.2 Å². The van der Waals surface area contributed by atoms with Crippen molar-refractivity contribution in [3.63, 3.8) is 0 Å². The Morgan fingerprint density at radius 3 is 2.50 bits per heavy atom. The van der Waals surface area contributed by atoms with Crippen molar-refractivity contribution in [2.45, 2.75) is 6.61 Å². The molecular weight excluding hydrogens is 232 g/mol. The van der Waals surface area contributed by atoms with Gasteiger partial charge in [-0.05, 0) is 30.3 Å². The van der Waals surface area contributed by atoms with Crippen molar-refractivity contribution in [1.29, 1.82) is 0 Å². The molecule has 0 aliphatic carbocycles. The van der Waals surface area contributed by atoms with E-state index >= 15 is 0 Å². The Hall–Kier alpha value is -2.33. The van der Waals surface area contributed by atoms with E-state index in [0.29, 0.717) is 11.1 Å². The predicted octanol–water partition coefficient (Wildman–Crippen LogP) is 2.10. The molecule has 0 unspecified atom stereocenters. The van der Waals surface area contributed by atoms with Gasteiger partial charge in [0, 0.05) is 5.56 Å². The summed E-state index contributed by atoms with van der Waals surface area (Å²) in [6.45, 7) is -0.317. The Balaban J connectivity index is 2.17. The average Bonchev–Trinajstić information content (AvgIpc) is 2.42.